The van der Waals surface area contributed by atoms with Gasteiger partial charge in [0.15, 0.2) is 0 Å². The van der Waals surface area contributed by atoms with Crippen molar-refractivity contribution in [2.24, 2.45) is 0 Å². The molecule has 2 rings (SSSR count). The molecule has 0 aliphatic carbocycles. The van der Waals surface area contributed by atoms with Gasteiger partial charge in [-0.15, -0.1) is 11.3 Å². The summed E-state index contributed by atoms with van der Waals surface area (Å²) in [5, 5.41) is 5.73. The Morgan fingerprint density at radius 3 is 2.17 bits per heavy atom. The Bertz CT molecular complexity index is 951. The molecule has 160 valence electrons. The van der Waals surface area contributed by atoms with Crippen LogP contribution in [0.1, 0.15) is 42.9 Å². The summed E-state index contributed by atoms with van der Waals surface area (Å²) in [6, 6.07) is 6.45. The van der Waals surface area contributed by atoms with E-state index in [1.165, 1.54) is 14.2 Å². The number of rotatable bonds is 8. The Morgan fingerprint density at radius 1 is 0.967 bits per heavy atom. The van der Waals surface area contributed by atoms with Crippen LogP contribution in [0, 0.1) is 6.92 Å². The highest BCUT2D eigenvalue weighted by atomic mass is 32.1. The van der Waals surface area contributed by atoms with E-state index in [4.69, 9.17) is 14.2 Å². The molecule has 0 unspecified atom stereocenters. The molecule has 0 fully saturated rings. The first kappa shape index (κ1) is 22.9. The van der Waals surface area contributed by atoms with Crippen molar-refractivity contribution in [3.63, 3.8) is 0 Å². The number of thiophene rings is 1. The maximum absolute atomic E-state index is 12.4. The normalized spacial score (nSPS) is 10.1. The number of esters is 3. The fraction of sp³-hybridized carbons (Fsp3) is 0.300. The molecule has 1 aromatic carbocycles. The Labute approximate surface area is 177 Å². The molecule has 1 heterocycles. The molecule has 30 heavy (non-hydrogen) atoms. The van der Waals surface area contributed by atoms with Crippen LogP contribution in [-0.4, -0.2) is 51.2 Å². The second-order valence-corrected chi connectivity index (χ2v) is 6.96. The Hall–Kier alpha value is -3.40. The number of anilines is 2. The minimum Gasteiger partial charge on any atom is -0.465 e. The van der Waals surface area contributed by atoms with Crippen LogP contribution < -0.4 is 10.6 Å². The standard InChI is InChI=1S/C20H22N2O7S/c1-5-29-18(24)12-6-8-13(9-7-12)21-10-14(23)22-17-15(19(25)27-3)11(2)16(30-17)20(26)28-4/h6-9,21H,5,10H2,1-4H3,(H,22,23). The molecule has 2 N–H and O–H groups in total. The molecular formula is C20H22N2O7S. The minimum atomic E-state index is -0.670. The van der Waals surface area contributed by atoms with E-state index >= 15 is 0 Å². The van der Waals surface area contributed by atoms with E-state index in [-0.39, 0.29) is 28.6 Å². The molecule has 2 aromatic rings. The van der Waals surface area contributed by atoms with Gasteiger partial charge in [0.05, 0.1) is 38.5 Å². The van der Waals surface area contributed by atoms with E-state index in [1.54, 1.807) is 38.1 Å². The number of amides is 1. The summed E-state index contributed by atoms with van der Waals surface area (Å²) < 4.78 is 14.4. The molecule has 0 atom stereocenters. The highest BCUT2D eigenvalue weighted by Gasteiger charge is 2.26. The van der Waals surface area contributed by atoms with Crippen molar-refractivity contribution < 1.29 is 33.4 Å². The van der Waals surface area contributed by atoms with E-state index in [0.29, 0.717) is 16.8 Å². The third kappa shape index (κ3) is 5.35. The average Bonchev–Trinajstić information content (AvgIpc) is 3.07. The molecule has 0 aliphatic heterocycles. The number of hydrogen-bond acceptors (Lipinski definition) is 9. The van der Waals surface area contributed by atoms with Gasteiger partial charge in [-0.2, -0.15) is 0 Å². The van der Waals surface area contributed by atoms with E-state index in [9.17, 15) is 19.2 Å². The van der Waals surface area contributed by atoms with Crippen molar-refractivity contribution in [1.29, 1.82) is 0 Å². The Kier molecular flexibility index (Phi) is 7.93. The van der Waals surface area contributed by atoms with Gasteiger partial charge in [-0.3, -0.25) is 4.79 Å². The minimum absolute atomic E-state index is 0.107. The van der Waals surface area contributed by atoms with E-state index < -0.39 is 23.8 Å². The van der Waals surface area contributed by atoms with Crippen LogP contribution >= 0.6 is 11.3 Å². The fourth-order valence-electron chi connectivity index (χ4n) is 2.53. The highest BCUT2D eigenvalue weighted by Crippen LogP contribution is 2.34. The molecule has 0 saturated heterocycles. The summed E-state index contributed by atoms with van der Waals surface area (Å²) >= 11 is 0.936. The molecule has 1 aromatic heterocycles. The van der Waals surface area contributed by atoms with Crippen LogP contribution in [0.5, 0.6) is 0 Å². The van der Waals surface area contributed by atoms with Gasteiger partial charge in [0.2, 0.25) is 5.91 Å². The lowest BCUT2D eigenvalue weighted by Crippen LogP contribution is -2.22. The van der Waals surface area contributed by atoms with Crippen LogP contribution in [-0.2, 0) is 19.0 Å². The zero-order chi connectivity index (χ0) is 22.3. The van der Waals surface area contributed by atoms with Gasteiger partial charge in [0.1, 0.15) is 9.88 Å². The quantitative estimate of drug-likeness (QED) is 0.481. The molecule has 1 amide bonds. The van der Waals surface area contributed by atoms with Crippen molar-refractivity contribution in [2.75, 3.05) is 38.0 Å². The number of hydrogen-bond donors (Lipinski definition) is 2. The largest absolute Gasteiger partial charge is 0.465 e. The first-order valence-electron chi connectivity index (χ1n) is 8.93. The summed E-state index contributed by atoms with van der Waals surface area (Å²) in [4.78, 5) is 48.2. The summed E-state index contributed by atoms with van der Waals surface area (Å²) in [6.45, 7) is 3.48. The molecule has 9 nitrogen and oxygen atoms in total. The van der Waals surface area contributed by atoms with Crippen LogP contribution in [0.15, 0.2) is 24.3 Å². The maximum atomic E-state index is 12.4. The lowest BCUT2D eigenvalue weighted by molar-refractivity contribution is -0.114. The molecule has 0 aliphatic rings. The Balaban J connectivity index is 2.08. The van der Waals surface area contributed by atoms with Crippen LogP contribution in [0.25, 0.3) is 0 Å². The average molecular weight is 434 g/mol. The molecule has 0 saturated carbocycles. The van der Waals surface area contributed by atoms with Crippen LogP contribution in [0.3, 0.4) is 0 Å². The second-order valence-electron chi connectivity index (χ2n) is 5.94. The van der Waals surface area contributed by atoms with Crippen molar-refractivity contribution in [2.45, 2.75) is 13.8 Å². The molecule has 0 radical (unpaired) electrons. The van der Waals surface area contributed by atoms with Crippen LogP contribution in [0.4, 0.5) is 10.7 Å². The molecular weight excluding hydrogens is 412 g/mol. The van der Waals surface area contributed by atoms with E-state index in [2.05, 4.69) is 10.6 Å². The topological polar surface area (TPSA) is 120 Å². The lowest BCUT2D eigenvalue weighted by Gasteiger charge is -2.09. The molecule has 0 bridgehead atoms. The molecule has 10 heteroatoms. The first-order valence-corrected chi connectivity index (χ1v) is 9.74. The van der Waals surface area contributed by atoms with Gasteiger partial charge < -0.3 is 24.8 Å². The third-order valence-corrected chi connectivity index (χ3v) is 5.20. The number of nitrogens with one attached hydrogen (secondary N) is 2. The zero-order valence-electron chi connectivity index (χ0n) is 17.0. The predicted molar refractivity (Wildman–Crippen MR) is 111 cm³/mol. The number of benzene rings is 1. The number of ether oxygens (including phenoxy) is 3. The predicted octanol–water partition coefficient (Wildman–Crippen LogP) is 2.86. The number of methoxy groups -OCH3 is 2. The third-order valence-electron chi connectivity index (χ3n) is 4.01. The van der Waals surface area contributed by atoms with Gasteiger partial charge in [0, 0.05) is 5.69 Å². The first-order chi connectivity index (χ1) is 14.3. The lowest BCUT2D eigenvalue weighted by atomic mass is 10.1. The van der Waals surface area contributed by atoms with E-state index in [0.717, 1.165) is 11.3 Å². The highest BCUT2D eigenvalue weighted by molar-refractivity contribution is 7.18. The van der Waals surface area contributed by atoms with Crippen molar-refractivity contribution in [3.8, 4) is 0 Å². The van der Waals surface area contributed by atoms with Gasteiger partial charge in [-0.05, 0) is 43.7 Å². The smallest absolute Gasteiger partial charge is 0.348 e. The summed E-state index contributed by atoms with van der Waals surface area (Å²) in [6.07, 6.45) is 0. The second kappa shape index (κ2) is 10.4. The SMILES string of the molecule is CCOC(=O)c1ccc(NCC(=O)Nc2sc(C(=O)OC)c(C)c2C(=O)OC)cc1. The van der Waals surface area contributed by atoms with Crippen molar-refractivity contribution >= 4 is 45.8 Å². The van der Waals surface area contributed by atoms with Gasteiger partial charge in [0.25, 0.3) is 0 Å². The summed E-state index contributed by atoms with van der Waals surface area (Å²) in [5.41, 5.74) is 1.49. The van der Waals surface area contributed by atoms with E-state index in [1.807, 2.05) is 0 Å². The summed E-state index contributed by atoms with van der Waals surface area (Å²) in [7, 11) is 2.44. The molecule has 0 spiro atoms. The van der Waals surface area contributed by atoms with Crippen molar-refractivity contribution in [1.82, 2.24) is 0 Å². The van der Waals surface area contributed by atoms with Gasteiger partial charge >= 0.3 is 17.9 Å². The summed E-state index contributed by atoms with van der Waals surface area (Å²) in [5.74, 6) is -2.14. The number of carbonyl (C=O) groups excluding carboxylic acids is 4. The Morgan fingerprint density at radius 2 is 1.60 bits per heavy atom. The fourth-order valence-corrected chi connectivity index (χ4v) is 3.66. The van der Waals surface area contributed by atoms with Gasteiger partial charge in [-0.25, -0.2) is 14.4 Å². The van der Waals surface area contributed by atoms with Crippen molar-refractivity contribution in [3.05, 3.63) is 45.8 Å². The van der Waals surface area contributed by atoms with Crippen LogP contribution in [0.2, 0.25) is 0 Å². The zero-order valence-corrected chi connectivity index (χ0v) is 17.8. The number of carbonyl (C=O) groups is 4. The van der Waals surface area contributed by atoms with Gasteiger partial charge in [-0.1, -0.05) is 0 Å². The monoisotopic (exact) mass is 434 g/mol. The maximum Gasteiger partial charge on any atom is 0.348 e.